The van der Waals surface area contributed by atoms with Crippen LogP contribution < -0.4 is 5.32 Å². The molecule has 0 saturated carbocycles. The molecule has 0 aliphatic carbocycles. The van der Waals surface area contributed by atoms with Gasteiger partial charge in [-0.15, -0.1) is 6.42 Å². The molecule has 3 nitrogen and oxygen atoms in total. The third-order valence-corrected chi connectivity index (χ3v) is 2.58. The van der Waals surface area contributed by atoms with Crippen LogP contribution in [-0.2, 0) is 4.74 Å². The maximum Gasteiger partial charge on any atom is 0.408 e. The van der Waals surface area contributed by atoms with Gasteiger partial charge in [-0.1, -0.05) is 25.0 Å². The molecule has 19 heavy (non-hydrogen) atoms. The first-order chi connectivity index (χ1) is 8.85. The van der Waals surface area contributed by atoms with Gasteiger partial charge in [0.25, 0.3) is 0 Å². The Bertz CT molecular complexity index is 463. The molecular formula is C16H21NO2. The summed E-state index contributed by atoms with van der Waals surface area (Å²) in [5, 5.41) is 2.86. The van der Waals surface area contributed by atoms with Crippen molar-refractivity contribution in [3.63, 3.8) is 0 Å². The Labute approximate surface area is 115 Å². The summed E-state index contributed by atoms with van der Waals surface area (Å²) in [5.41, 5.74) is 1.36. The smallest absolute Gasteiger partial charge is 0.408 e. The number of carbonyl (C=O) groups is 1. The summed E-state index contributed by atoms with van der Waals surface area (Å²) < 4.78 is 5.25. The van der Waals surface area contributed by atoms with Crippen molar-refractivity contribution >= 4 is 6.09 Å². The van der Waals surface area contributed by atoms with Crippen LogP contribution in [-0.4, -0.2) is 11.7 Å². The molecule has 1 atom stereocenters. The van der Waals surface area contributed by atoms with Crippen LogP contribution in [0.3, 0.4) is 0 Å². The van der Waals surface area contributed by atoms with Crippen molar-refractivity contribution in [3.8, 4) is 12.3 Å². The molecule has 0 aliphatic rings. The summed E-state index contributed by atoms with van der Waals surface area (Å²) >= 11 is 0. The summed E-state index contributed by atoms with van der Waals surface area (Å²) in [6.45, 7) is 7.54. The molecule has 0 heterocycles. The summed E-state index contributed by atoms with van der Waals surface area (Å²) in [7, 11) is 0. The zero-order chi connectivity index (χ0) is 14.5. The molecule has 102 valence electrons. The van der Waals surface area contributed by atoms with Crippen LogP contribution in [0, 0.1) is 12.3 Å². The number of hydrogen-bond donors (Lipinski definition) is 1. The van der Waals surface area contributed by atoms with Crippen LogP contribution in [0.1, 0.15) is 51.3 Å². The maximum absolute atomic E-state index is 11.8. The van der Waals surface area contributed by atoms with Crippen molar-refractivity contribution in [2.24, 2.45) is 0 Å². The van der Waals surface area contributed by atoms with Crippen LogP contribution in [0.4, 0.5) is 4.79 Å². The largest absolute Gasteiger partial charge is 0.444 e. The quantitative estimate of drug-likeness (QED) is 0.841. The Morgan fingerprint density at radius 3 is 2.37 bits per heavy atom. The lowest BCUT2D eigenvalue weighted by Crippen LogP contribution is -2.34. The van der Waals surface area contributed by atoms with Crippen LogP contribution in [0.5, 0.6) is 0 Å². The van der Waals surface area contributed by atoms with E-state index in [2.05, 4.69) is 11.2 Å². The van der Waals surface area contributed by atoms with E-state index in [0.717, 1.165) is 17.5 Å². The topological polar surface area (TPSA) is 38.3 Å². The Kier molecular flexibility index (Phi) is 5.00. The minimum Gasteiger partial charge on any atom is -0.444 e. The highest BCUT2D eigenvalue weighted by molar-refractivity contribution is 5.68. The molecule has 0 radical (unpaired) electrons. The first-order valence-electron chi connectivity index (χ1n) is 6.42. The number of alkyl carbamates (subject to hydrolysis) is 1. The van der Waals surface area contributed by atoms with Crippen molar-refractivity contribution in [3.05, 3.63) is 35.4 Å². The van der Waals surface area contributed by atoms with Gasteiger partial charge in [0.05, 0.1) is 6.04 Å². The SMILES string of the molecule is C#Cc1ccc([C@H](CC)NC(=O)OC(C)(C)C)cc1. The minimum atomic E-state index is -0.490. The maximum atomic E-state index is 11.8. The van der Waals surface area contributed by atoms with Gasteiger partial charge in [0, 0.05) is 5.56 Å². The van der Waals surface area contributed by atoms with E-state index in [1.165, 1.54) is 0 Å². The second kappa shape index (κ2) is 6.29. The van der Waals surface area contributed by atoms with Gasteiger partial charge in [-0.25, -0.2) is 4.79 Å². The van der Waals surface area contributed by atoms with E-state index in [0.29, 0.717) is 0 Å². The fraction of sp³-hybridized carbons (Fsp3) is 0.438. The summed E-state index contributed by atoms with van der Waals surface area (Å²) in [6, 6.07) is 7.53. The van der Waals surface area contributed by atoms with Crippen molar-refractivity contribution in [1.82, 2.24) is 5.32 Å². The number of ether oxygens (including phenoxy) is 1. The second-order valence-corrected chi connectivity index (χ2v) is 5.37. The molecule has 0 bridgehead atoms. The van der Waals surface area contributed by atoms with Gasteiger partial charge in [0.15, 0.2) is 0 Å². The molecule has 0 spiro atoms. The number of nitrogens with one attached hydrogen (secondary N) is 1. The molecule has 1 rings (SSSR count). The van der Waals surface area contributed by atoms with Gasteiger partial charge in [-0.05, 0) is 44.9 Å². The lowest BCUT2D eigenvalue weighted by molar-refractivity contribution is 0.0502. The monoisotopic (exact) mass is 259 g/mol. The molecular weight excluding hydrogens is 238 g/mol. The summed E-state index contributed by atoms with van der Waals surface area (Å²) in [4.78, 5) is 11.8. The second-order valence-electron chi connectivity index (χ2n) is 5.37. The van der Waals surface area contributed by atoms with E-state index in [1.807, 2.05) is 52.0 Å². The van der Waals surface area contributed by atoms with Gasteiger partial charge < -0.3 is 10.1 Å². The van der Waals surface area contributed by atoms with E-state index in [9.17, 15) is 4.79 Å². The van der Waals surface area contributed by atoms with Crippen molar-refractivity contribution in [1.29, 1.82) is 0 Å². The fourth-order valence-corrected chi connectivity index (χ4v) is 1.68. The lowest BCUT2D eigenvalue weighted by atomic mass is 10.0. The zero-order valence-electron chi connectivity index (χ0n) is 12.0. The van der Waals surface area contributed by atoms with Crippen LogP contribution in [0.2, 0.25) is 0 Å². The van der Waals surface area contributed by atoms with E-state index in [-0.39, 0.29) is 6.04 Å². The highest BCUT2D eigenvalue weighted by Crippen LogP contribution is 2.18. The number of rotatable bonds is 3. The van der Waals surface area contributed by atoms with Crippen molar-refractivity contribution in [2.75, 3.05) is 0 Å². The van der Waals surface area contributed by atoms with Crippen LogP contribution in [0.25, 0.3) is 0 Å². The van der Waals surface area contributed by atoms with E-state index in [1.54, 1.807) is 0 Å². The molecule has 1 aromatic carbocycles. The molecule has 1 amide bonds. The van der Waals surface area contributed by atoms with Crippen LogP contribution in [0.15, 0.2) is 24.3 Å². The number of carbonyl (C=O) groups excluding carboxylic acids is 1. The summed E-state index contributed by atoms with van der Waals surface area (Å²) in [5.74, 6) is 2.57. The first-order valence-corrected chi connectivity index (χ1v) is 6.42. The van der Waals surface area contributed by atoms with Gasteiger partial charge >= 0.3 is 6.09 Å². The van der Waals surface area contributed by atoms with Gasteiger partial charge in [-0.2, -0.15) is 0 Å². The number of terminal acetylenes is 1. The highest BCUT2D eigenvalue weighted by Gasteiger charge is 2.19. The van der Waals surface area contributed by atoms with Gasteiger partial charge in [0.1, 0.15) is 5.60 Å². The molecule has 0 aromatic heterocycles. The first kappa shape index (κ1) is 15.1. The minimum absolute atomic E-state index is 0.0679. The Morgan fingerprint density at radius 1 is 1.37 bits per heavy atom. The number of amides is 1. The number of hydrogen-bond acceptors (Lipinski definition) is 2. The molecule has 0 saturated heterocycles. The lowest BCUT2D eigenvalue weighted by Gasteiger charge is -2.23. The Morgan fingerprint density at radius 2 is 1.95 bits per heavy atom. The fourth-order valence-electron chi connectivity index (χ4n) is 1.68. The normalized spacial score (nSPS) is 12.4. The average molecular weight is 259 g/mol. The zero-order valence-corrected chi connectivity index (χ0v) is 12.0. The van der Waals surface area contributed by atoms with Crippen molar-refractivity contribution < 1.29 is 9.53 Å². The third-order valence-electron chi connectivity index (χ3n) is 2.58. The molecule has 0 unspecified atom stereocenters. The predicted molar refractivity (Wildman–Crippen MR) is 76.8 cm³/mol. The Balaban J connectivity index is 2.72. The number of benzene rings is 1. The van der Waals surface area contributed by atoms with E-state index in [4.69, 9.17) is 11.2 Å². The molecule has 3 heteroatoms. The summed E-state index contributed by atoms with van der Waals surface area (Å²) in [6.07, 6.45) is 5.70. The molecule has 1 aromatic rings. The van der Waals surface area contributed by atoms with Gasteiger partial charge in [-0.3, -0.25) is 0 Å². The van der Waals surface area contributed by atoms with E-state index < -0.39 is 11.7 Å². The van der Waals surface area contributed by atoms with Crippen molar-refractivity contribution in [2.45, 2.75) is 45.8 Å². The highest BCUT2D eigenvalue weighted by atomic mass is 16.6. The standard InChI is InChI=1S/C16H21NO2/c1-6-12-8-10-13(11-9-12)14(7-2)17-15(18)19-16(3,4)5/h1,8-11,14H,7H2,2-5H3,(H,17,18)/t14-/m0/s1. The molecule has 0 fully saturated rings. The molecule has 1 N–H and O–H groups in total. The van der Waals surface area contributed by atoms with Crippen LogP contribution >= 0.6 is 0 Å². The molecule has 0 aliphatic heterocycles. The third kappa shape index (κ3) is 5.05. The van der Waals surface area contributed by atoms with Gasteiger partial charge in [0.2, 0.25) is 0 Å². The Hall–Kier alpha value is -1.95. The predicted octanol–water partition coefficient (Wildman–Crippen LogP) is 3.64. The van der Waals surface area contributed by atoms with E-state index >= 15 is 0 Å². The average Bonchev–Trinajstić information content (AvgIpc) is 2.34.